The van der Waals surface area contributed by atoms with Crippen LogP contribution in [0.4, 0.5) is 29.3 Å². The summed E-state index contributed by atoms with van der Waals surface area (Å²) in [6.07, 6.45) is -3.63. The fraction of sp³-hybridized carbons (Fsp3) is 0.0417. The number of anilines is 1. The van der Waals surface area contributed by atoms with Crippen LogP contribution < -0.4 is 15.0 Å². The highest BCUT2D eigenvalue weighted by Crippen LogP contribution is 2.38. The maximum Gasteiger partial charge on any atom is 0.416 e. The number of ether oxygens (including phenoxy) is 1. The molecule has 13 heteroatoms. The molecule has 37 heavy (non-hydrogen) atoms. The van der Waals surface area contributed by atoms with Gasteiger partial charge in [-0.3, -0.25) is 25.0 Å². The molecule has 0 bridgehead atoms. The molecule has 0 atom stereocenters. The highest BCUT2D eigenvalue weighted by atomic mass is 35.5. The molecule has 1 fully saturated rings. The molecule has 3 aromatic carbocycles. The van der Waals surface area contributed by atoms with E-state index in [1.807, 2.05) is 0 Å². The molecule has 9 nitrogen and oxygen atoms in total. The summed E-state index contributed by atoms with van der Waals surface area (Å²) >= 11 is 5.94. The minimum absolute atomic E-state index is 0.0244. The molecule has 1 aliphatic heterocycles. The summed E-state index contributed by atoms with van der Waals surface area (Å²) in [7, 11) is 0. The van der Waals surface area contributed by atoms with Crippen LogP contribution in [0, 0.1) is 10.1 Å². The Kier molecular flexibility index (Phi) is 6.68. The number of benzene rings is 3. The van der Waals surface area contributed by atoms with Crippen molar-refractivity contribution in [1.29, 1.82) is 0 Å². The number of carbonyl (C=O) groups is 3. The second-order valence-corrected chi connectivity index (χ2v) is 7.99. The Balaban J connectivity index is 1.66. The van der Waals surface area contributed by atoms with Gasteiger partial charge in [0.25, 0.3) is 11.8 Å². The first-order valence-electron chi connectivity index (χ1n) is 10.2. The van der Waals surface area contributed by atoms with Gasteiger partial charge >= 0.3 is 17.9 Å². The summed E-state index contributed by atoms with van der Waals surface area (Å²) in [5.74, 6) is -2.37. The van der Waals surface area contributed by atoms with Crippen LogP contribution in [0.1, 0.15) is 11.1 Å². The van der Waals surface area contributed by atoms with Crippen molar-refractivity contribution in [3.8, 4) is 11.5 Å². The average Bonchev–Trinajstić information content (AvgIpc) is 2.81. The molecule has 0 saturated carbocycles. The Hall–Kier alpha value is -4.71. The third-order valence-corrected chi connectivity index (χ3v) is 5.28. The first kappa shape index (κ1) is 25.4. The fourth-order valence-electron chi connectivity index (χ4n) is 3.39. The predicted molar refractivity (Wildman–Crippen MR) is 125 cm³/mol. The van der Waals surface area contributed by atoms with E-state index in [0.29, 0.717) is 12.1 Å². The van der Waals surface area contributed by atoms with Crippen molar-refractivity contribution in [3.05, 3.63) is 98.6 Å². The molecular formula is C24H13ClF3N3O6. The van der Waals surface area contributed by atoms with Gasteiger partial charge in [-0.05, 0) is 54.1 Å². The van der Waals surface area contributed by atoms with E-state index in [-0.39, 0.29) is 22.0 Å². The van der Waals surface area contributed by atoms with Crippen LogP contribution in [0.5, 0.6) is 11.5 Å². The van der Waals surface area contributed by atoms with Crippen molar-refractivity contribution >= 4 is 46.9 Å². The molecule has 188 valence electrons. The smallest absolute Gasteiger partial charge is 0.416 e. The van der Waals surface area contributed by atoms with Gasteiger partial charge in [0.1, 0.15) is 11.3 Å². The van der Waals surface area contributed by atoms with E-state index in [1.165, 1.54) is 48.5 Å². The second kappa shape index (κ2) is 9.74. The van der Waals surface area contributed by atoms with Crippen LogP contribution in [-0.2, 0) is 15.8 Å². The quantitative estimate of drug-likeness (QED) is 0.194. The number of imide groups is 2. The first-order chi connectivity index (χ1) is 17.4. The molecule has 0 unspecified atom stereocenters. The van der Waals surface area contributed by atoms with E-state index in [0.717, 1.165) is 17.0 Å². The van der Waals surface area contributed by atoms with E-state index < -0.39 is 51.5 Å². The number of hydrogen-bond donors (Lipinski definition) is 1. The molecule has 1 saturated heterocycles. The van der Waals surface area contributed by atoms with E-state index >= 15 is 0 Å². The van der Waals surface area contributed by atoms with Crippen LogP contribution in [0.15, 0.2) is 72.3 Å². The molecule has 3 aromatic rings. The number of nitrogens with one attached hydrogen (secondary N) is 1. The van der Waals surface area contributed by atoms with Crippen LogP contribution >= 0.6 is 11.6 Å². The van der Waals surface area contributed by atoms with Crippen molar-refractivity contribution in [2.75, 3.05) is 4.90 Å². The first-order valence-corrected chi connectivity index (χ1v) is 10.6. The van der Waals surface area contributed by atoms with E-state index in [2.05, 4.69) is 5.32 Å². The van der Waals surface area contributed by atoms with E-state index in [1.54, 1.807) is 0 Å². The SMILES string of the molecule is O=C1NC(=O)N(c2cccc(Cl)c2)C(=O)/C1=C\c1cccc(Oc2ccc(C(F)(F)F)cc2[N+](=O)[O-])c1. The van der Waals surface area contributed by atoms with Gasteiger partial charge in [0.2, 0.25) is 5.75 Å². The summed E-state index contributed by atoms with van der Waals surface area (Å²) in [5.41, 5.74) is -2.18. The predicted octanol–water partition coefficient (Wildman–Crippen LogP) is 5.73. The number of rotatable bonds is 5. The van der Waals surface area contributed by atoms with Crippen molar-refractivity contribution in [1.82, 2.24) is 5.32 Å². The van der Waals surface area contributed by atoms with Gasteiger partial charge in [-0.15, -0.1) is 0 Å². The summed E-state index contributed by atoms with van der Waals surface area (Å²) in [6, 6.07) is 12.3. The number of alkyl halides is 3. The molecule has 1 aliphatic rings. The number of barbiturate groups is 1. The standard InChI is InChI=1S/C24H13ClF3N3O6/c25-15-4-2-5-16(12-15)30-22(33)18(21(32)29-23(30)34)10-13-3-1-6-17(9-13)37-20-8-7-14(24(26,27)28)11-19(20)31(35)36/h1-12H,(H,29,32,34)/b18-10-. The van der Waals surface area contributed by atoms with Gasteiger partial charge in [-0.25, -0.2) is 9.69 Å². The molecule has 0 radical (unpaired) electrons. The lowest BCUT2D eigenvalue weighted by atomic mass is 10.1. The van der Waals surface area contributed by atoms with Crippen molar-refractivity contribution in [2.45, 2.75) is 6.18 Å². The van der Waals surface area contributed by atoms with E-state index in [9.17, 15) is 37.7 Å². The maximum atomic E-state index is 13.0. The number of carbonyl (C=O) groups excluding carboxylic acids is 3. The number of hydrogen-bond acceptors (Lipinski definition) is 6. The number of amides is 4. The third kappa shape index (κ3) is 5.43. The molecular weight excluding hydrogens is 519 g/mol. The van der Waals surface area contributed by atoms with E-state index in [4.69, 9.17) is 16.3 Å². The molecule has 4 amide bonds. The van der Waals surface area contributed by atoms with Crippen LogP contribution in [0.25, 0.3) is 6.08 Å². The zero-order valence-corrected chi connectivity index (χ0v) is 19.0. The highest BCUT2D eigenvalue weighted by Gasteiger charge is 2.37. The third-order valence-electron chi connectivity index (χ3n) is 5.05. The van der Waals surface area contributed by atoms with Gasteiger partial charge in [-0.2, -0.15) is 13.2 Å². The number of nitro groups is 1. The van der Waals surface area contributed by atoms with Gasteiger partial charge < -0.3 is 4.74 Å². The van der Waals surface area contributed by atoms with Crippen molar-refractivity contribution in [2.24, 2.45) is 0 Å². The van der Waals surface area contributed by atoms with Gasteiger partial charge in [0, 0.05) is 11.1 Å². The normalized spacial score (nSPS) is 15.1. The van der Waals surface area contributed by atoms with Gasteiger partial charge in [0.05, 0.1) is 16.2 Å². The average molecular weight is 532 g/mol. The lowest BCUT2D eigenvalue weighted by Gasteiger charge is -2.26. The summed E-state index contributed by atoms with van der Waals surface area (Å²) in [6.45, 7) is 0. The molecule has 4 rings (SSSR count). The molecule has 0 aromatic heterocycles. The largest absolute Gasteiger partial charge is 0.450 e. The van der Waals surface area contributed by atoms with Crippen LogP contribution in [0.3, 0.4) is 0 Å². The Labute approximate surface area is 210 Å². The van der Waals surface area contributed by atoms with Crippen LogP contribution in [0.2, 0.25) is 5.02 Å². The topological polar surface area (TPSA) is 119 Å². The Morgan fingerprint density at radius 2 is 1.73 bits per heavy atom. The van der Waals surface area contributed by atoms with Crippen molar-refractivity contribution in [3.63, 3.8) is 0 Å². The fourth-order valence-corrected chi connectivity index (χ4v) is 3.58. The number of nitrogens with zero attached hydrogens (tertiary/aromatic N) is 2. The number of halogens is 4. The van der Waals surface area contributed by atoms with Gasteiger partial charge in [0.15, 0.2) is 0 Å². The summed E-state index contributed by atoms with van der Waals surface area (Å²) < 4.78 is 44.3. The lowest BCUT2D eigenvalue weighted by molar-refractivity contribution is -0.385. The monoisotopic (exact) mass is 531 g/mol. The minimum atomic E-state index is -4.79. The zero-order valence-electron chi connectivity index (χ0n) is 18.3. The van der Waals surface area contributed by atoms with Crippen LogP contribution in [-0.4, -0.2) is 22.8 Å². The second-order valence-electron chi connectivity index (χ2n) is 7.55. The van der Waals surface area contributed by atoms with Gasteiger partial charge in [-0.1, -0.05) is 29.8 Å². The Morgan fingerprint density at radius 3 is 2.41 bits per heavy atom. The summed E-state index contributed by atoms with van der Waals surface area (Å²) in [5, 5.41) is 13.6. The Bertz CT molecular complexity index is 1490. The summed E-state index contributed by atoms with van der Waals surface area (Å²) in [4.78, 5) is 48.7. The zero-order chi connectivity index (χ0) is 26.9. The molecule has 0 aliphatic carbocycles. The molecule has 1 heterocycles. The molecule has 1 N–H and O–H groups in total. The maximum absolute atomic E-state index is 13.0. The molecule has 0 spiro atoms. The Morgan fingerprint density at radius 1 is 1.00 bits per heavy atom. The van der Waals surface area contributed by atoms with Crippen molar-refractivity contribution < 1.29 is 37.2 Å². The lowest BCUT2D eigenvalue weighted by Crippen LogP contribution is -2.54. The number of urea groups is 1. The number of nitro benzene ring substituents is 1. The minimum Gasteiger partial charge on any atom is -0.450 e. The highest BCUT2D eigenvalue weighted by molar-refractivity contribution is 6.39.